The molecule has 25 heavy (non-hydrogen) atoms. The molecule has 1 aliphatic heterocycles. The third kappa shape index (κ3) is 2.98. The van der Waals surface area contributed by atoms with Crippen LogP contribution in [0.4, 0.5) is 0 Å². The molecule has 0 amide bonds. The topological polar surface area (TPSA) is 55.7 Å². The van der Waals surface area contributed by atoms with Crippen LogP contribution in [0.3, 0.4) is 0 Å². The molecule has 4 rings (SSSR count). The van der Waals surface area contributed by atoms with E-state index in [1.807, 2.05) is 12.1 Å². The third-order valence-electron chi connectivity index (χ3n) is 7.19. The summed E-state index contributed by atoms with van der Waals surface area (Å²) >= 11 is 0. The van der Waals surface area contributed by atoms with E-state index >= 15 is 0 Å². The van der Waals surface area contributed by atoms with Crippen LogP contribution in [-0.2, 0) is 11.8 Å². The largest absolute Gasteiger partial charge is 0.508 e. The number of aromatic hydroxyl groups is 1. The average molecular weight is 344 g/mol. The zero-order valence-corrected chi connectivity index (χ0v) is 15.6. The van der Waals surface area contributed by atoms with Gasteiger partial charge in [-0.1, -0.05) is 32.3 Å². The van der Waals surface area contributed by atoms with E-state index in [4.69, 9.17) is 0 Å². The van der Waals surface area contributed by atoms with Gasteiger partial charge in [0, 0.05) is 24.0 Å². The van der Waals surface area contributed by atoms with E-state index in [0.717, 1.165) is 45.1 Å². The average Bonchev–Trinajstić information content (AvgIpc) is 2.59. The Morgan fingerprint density at radius 2 is 1.96 bits per heavy atom. The van der Waals surface area contributed by atoms with Gasteiger partial charge in [-0.3, -0.25) is 0 Å². The molecule has 0 aromatic heterocycles. The smallest absolute Gasteiger partial charge is 0.115 e. The molecule has 1 aromatic rings. The van der Waals surface area contributed by atoms with Crippen molar-refractivity contribution in [2.75, 3.05) is 20.1 Å². The predicted molar refractivity (Wildman–Crippen MR) is 100 cm³/mol. The fourth-order valence-electron chi connectivity index (χ4n) is 5.53. The lowest BCUT2D eigenvalue weighted by Crippen LogP contribution is -2.67. The normalized spacial score (nSPS) is 34.5. The van der Waals surface area contributed by atoms with Crippen molar-refractivity contribution in [3.63, 3.8) is 0 Å². The van der Waals surface area contributed by atoms with Crippen LogP contribution in [0.5, 0.6) is 5.75 Å². The molecule has 2 fully saturated rings. The van der Waals surface area contributed by atoms with Crippen molar-refractivity contribution in [1.82, 2.24) is 10.2 Å². The predicted octanol–water partition coefficient (Wildman–Crippen LogP) is 2.56. The van der Waals surface area contributed by atoms with E-state index in [0.29, 0.717) is 24.4 Å². The molecule has 1 saturated heterocycles. The summed E-state index contributed by atoms with van der Waals surface area (Å²) in [5, 5.41) is 24.8. The van der Waals surface area contributed by atoms with E-state index in [9.17, 15) is 10.2 Å². The SMILES string of the molecule is CN1CCC2(C)c3cc(O)ccc3CC1C2NCC1(O)CCCCC1. The standard InChI is InChI=1S/C21H32N2O2/c1-20-10-11-23(2)18(12-15-6-7-16(24)13-17(15)20)19(20)22-14-21(25)8-4-3-5-9-21/h6-7,13,18-19,22,24-25H,3-5,8-12,14H2,1-2H3. The molecule has 138 valence electrons. The van der Waals surface area contributed by atoms with Crippen molar-refractivity contribution in [3.8, 4) is 5.75 Å². The second-order valence-corrected chi connectivity index (χ2v) is 8.90. The van der Waals surface area contributed by atoms with Gasteiger partial charge in [0.1, 0.15) is 5.75 Å². The minimum Gasteiger partial charge on any atom is -0.508 e. The third-order valence-corrected chi connectivity index (χ3v) is 7.19. The van der Waals surface area contributed by atoms with Gasteiger partial charge in [-0.2, -0.15) is 0 Å². The lowest BCUT2D eigenvalue weighted by molar-refractivity contribution is -0.0114. The first-order valence-electron chi connectivity index (χ1n) is 9.90. The number of phenols is 1. The van der Waals surface area contributed by atoms with Crippen LogP contribution < -0.4 is 5.32 Å². The quantitative estimate of drug-likeness (QED) is 0.789. The Morgan fingerprint density at radius 1 is 1.20 bits per heavy atom. The molecule has 4 nitrogen and oxygen atoms in total. The minimum atomic E-state index is -0.541. The number of hydrogen-bond donors (Lipinski definition) is 3. The van der Waals surface area contributed by atoms with Gasteiger partial charge >= 0.3 is 0 Å². The second-order valence-electron chi connectivity index (χ2n) is 8.90. The number of phenolic OH excluding ortho intramolecular Hbond substituents is 1. The van der Waals surface area contributed by atoms with Crippen molar-refractivity contribution in [3.05, 3.63) is 29.3 Å². The van der Waals surface area contributed by atoms with Gasteiger partial charge in [0.2, 0.25) is 0 Å². The van der Waals surface area contributed by atoms with E-state index in [-0.39, 0.29) is 5.41 Å². The summed E-state index contributed by atoms with van der Waals surface area (Å²) in [6, 6.07) is 6.64. The second kappa shape index (κ2) is 6.26. The summed E-state index contributed by atoms with van der Waals surface area (Å²) in [5.41, 5.74) is 2.13. The molecule has 2 bridgehead atoms. The number of rotatable bonds is 3. The number of likely N-dealkylation sites (N-methyl/N-ethyl adjacent to an activating group) is 1. The number of nitrogens with zero attached hydrogens (tertiary/aromatic N) is 1. The zero-order chi connectivity index (χ0) is 17.7. The highest BCUT2D eigenvalue weighted by atomic mass is 16.3. The highest BCUT2D eigenvalue weighted by Gasteiger charge is 2.50. The van der Waals surface area contributed by atoms with Gasteiger partial charge < -0.3 is 20.4 Å². The molecule has 3 unspecified atom stereocenters. The summed E-state index contributed by atoms with van der Waals surface area (Å²) < 4.78 is 0. The molecule has 1 saturated carbocycles. The highest BCUT2D eigenvalue weighted by Crippen LogP contribution is 2.45. The first-order chi connectivity index (χ1) is 11.9. The maximum absolute atomic E-state index is 10.9. The maximum Gasteiger partial charge on any atom is 0.115 e. The van der Waals surface area contributed by atoms with E-state index in [1.165, 1.54) is 17.5 Å². The summed E-state index contributed by atoms with van der Waals surface area (Å²) in [7, 11) is 2.22. The lowest BCUT2D eigenvalue weighted by Gasteiger charge is -2.55. The minimum absolute atomic E-state index is 0.00846. The molecule has 3 aliphatic rings. The van der Waals surface area contributed by atoms with Crippen molar-refractivity contribution in [2.24, 2.45) is 0 Å². The Labute approximate surface area is 151 Å². The summed E-state index contributed by atoms with van der Waals surface area (Å²) in [5.74, 6) is 0.363. The van der Waals surface area contributed by atoms with Crippen LogP contribution in [0.2, 0.25) is 0 Å². The first kappa shape index (κ1) is 17.3. The van der Waals surface area contributed by atoms with Crippen molar-refractivity contribution in [1.29, 1.82) is 0 Å². The Bertz CT molecular complexity index is 641. The Kier molecular flexibility index (Phi) is 4.33. The lowest BCUT2D eigenvalue weighted by atomic mass is 9.61. The van der Waals surface area contributed by atoms with Crippen LogP contribution in [0.1, 0.15) is 56.6 Å². The zero-order valence-electron chi connectivity index (χ0n) is 15.6. The van der Waals surface area contributed by atoms with Crippen LogP contribution in [0.25, 0.3) is 0 Å². The van der Waals surface area contributed by atoms with Gasteiger partial charge in [0.25, 0.3) is 0 Å². The van der Waals surface area contributed by atoms with Gasteiger partial charge in [-0.15, -0.1) is 0 Å². The number of aliphatic hydroxyl groups is 1. The molecule has 3 N–H and O–H groups in total. The van der Waals surface area contributed by atoms with Gasteiger partial charge in [-0.05, 0) is 62.5 Å². The number of fused-ring (bicyclic) bond motifs is 4. The molecular formula is C21H32N2O2. The number of nitrogens with one attached hydrogen (secondary N) is 1. The first-order valence-corrected chi connectivity index (χ1v) is 9.90. The number of likely N-dealkylation sites (tertiary alicyclic amines) is 1. The van der Waals surface area contributed by atoms with Gasteiger partial charge in [-0.25, -0.2) is 0 Å². The fraction of sp³-hybridized carbons (Fsp3) is 0.714. The van der Waals surface area contributed by atoms with Crippen LogP contribution in [0, 0.1) is 0 Å². The molecule has 0 radical (unpaired) electrons. The Balaban J connectivity index is 1.62. The van der Waals surface area contributed by atoms with Gasteiger partial charge in [0.05, 0.1) is 5.60 Å². The molecule has 3 atom stereocenters. The van der Waals surface area contributed by atoms with Crippen molar-refractivity contribution < 1.29 is 10.2 Å². The summed E-state index contributed by atoms with van der Waals surface area (Å²) in [6.45, 7) is 4.11. The summed E-state index contributed by atoms with van der Waals surface area (Å²) in [4.78, 5) is 2.47. The Morgan fingerprint density at radius 3 is 2.72 bits per heavy atom. The van der Waals surface area contributed by atoms with Crippen molar-refractivity contribution >= 4 is 0 Å². The van der Waals surface area contributed by atoms with Crippen LogP contribution >= 0.6 is 0 Å². The molecule has 4 heteroatoms. The molecule has 1 aromatic carbocycles. The van der Waals surface area contributed by atoms with Crippen LogP contribution in [0.15, 0.2) is 18.2 Å². The summed E-state index contributed by atoms with van der Waals surface area (Å²) in [6.07, 6.45) is 7.45. The molecule has 2 aliphatic carbocycles. The number of hydrogen-bond acceptors (Lipinski definition) is 4. The fourth-order valence-corrected chi connectivity index (χ4v) is 5.53. The maximum atomic E-state index is 10.9. The highest BCUT2D eigenvalue weighted by molar-refractivity contribution is 5.45. The van der Waals surface area contributed by atoms with E-state index in [1.54, 1.807) is 0 Å². The van der Waals surface area contributed by atoms with E-state index in [2.05, 4.69) is 30.3 Å². The van der Waals surface area contributed by atoms with E-state index < -0.39 is 5.60 Å². The van der Waals surface area contributed by atoms with Crippen LogP contribution in [-0.4, -0.2) is 52.9 Å². The van der Waals surface area contributed by atoms with Crippen molar-refractivity contribution in [2.45, 2.75) is 75.0 Å². The molecule has 1 heterocycles. The monoisotopic (exact) mass is 344 g/mol. The number of piperidine rings is 1. The molecular weight excluding hydrogens is 312 g/mol. The van der Waals surface area contributed by atoms with Gasteiger partial charge in [0.15, 0.2) is 0 Å². The number of benzene rings is 1. The molecule has 0 spiro atoms. The Hall–Kier alpha value is -1.10.